The summed E-state index contributed by atoms with van der Waals surface area (Å²) in [5.41, 5.74) is 1.44. The molecule has 2 aromatic carbocycles. The van der Waals surface area contributed by atoms with E-state index >= 15 is 0 Å². The van der Waals surface area contributed by atoms with Crippen molar-refractivity contribution in [3.8, 4) is 11.5 Å². The summed E-state index contributed by atoms with van der Waals surface area (Å²) in [6.45, 7) is 6.22. The zero-order valence-electron chi connectivity index (χ0n) is 21.0. The number of hydrogen-bond donors (Lipinski definition) is 3. The number of piperidine rings is 1. The first-order chi connectivity index (χ1) is 17.9. The fraction of sp³-hybridized carbons (Fsp3) is 0.296. The van der Waals surface area contributed by atoms with Crippen LogP contribution in [0.15, 0.2) is 80.1 Å². The van der Waals surface area contributed by atoms with Gasteiger partial charge in [0.1, 0.15) is 17.3 Å². The molecule has 0 spiro atoms. The van der Waals surface area contributed by atoms with Gasteiger partial charge in [-0.25, -0.2) is 0 Å². The number of rotatable bonds is 12. The number of benzene rings is 2. The molecule has 1 heterocycles. The molecule has 0 aliphatic carbocycles. The number of anilines is 1. The molecule has 10 heteroatoms. The summed E-state index contributed by atoms with van der Waals surface area (Å²) < 4.78 is 6.43. The number of hydrogen-bond acceptors (Lipinski definition) is 8. The van der Waals surface area contributed by atoms with Crippen molar-refractivity contribution in [3.05, 3.63) is 75.1 Å². The molecule has 196 valence electrons. The molecule has 0 radical (unpaired) electrons. The lowest BCUT2D eigenvalue weighted by molar-refractivity contribution is -0.104. The number of allylic oxidation sites excluding steroid dienone is 2. The molecule has 1 aliphatic rings. The fourth-order valence-electron chi connectivity index (χ4n) is 3.79. The highest BCUT2D eigenvalue weighted by Crippen LogP contribution is 2.26. The third kappa shape index (κ3) is 8.82. The van der Waals surface area contributed by atoms with E-state index in [1.54, 1.807) is 37.5 Å². The standard InChI is InChI=1S/C27H32BrClN6O2/c1-30-16-25(28)26(31-2)24(17-36)27(33-18-32-20-12-14-35(3)15-13-20)34-21-6-10-23(11-7-21)37-22-8-4-19(29)5-9-22/h4-11,16-17,20,32-34H,2,12-15,18H2,1,3H3. The highest BCUT2D eigenvalue weighted by Gasteiger charge is 2.18. The Labute approximate surface area is 231 Å². The molecular weight excluding hydrogens is 556 g/mol. The second-order valence-electron chi connectivity index (χ2n) is 8.49. The number of likely N-dealkylation sites (tertiary alicyclic amines) is 1. The van der Waals surface area contributed by atoms with Crippen LogP contribution in [0.5, 0.6) is 11.5 Å². The van der Waals surface area contributed by atoms with Crippen LogP contribution < -0.4 is 20.7 Å². The van der Waals surface area contributed by atoms with Gasteiger partial charge in [-0.15, -0.1) is 0 Å². The number of halogens is 2. The van der Waals surface area contributed by atoms with Crippen molar-refractivity contribution in [2.45, 2.75) is 18.9 Å². The van der Waals surface area contributed by atoms with Gasteiger partial charge in [0.2, 0.25) is 0 Å². The predicted octanol–water partition coefficient (Wildman–Crippen LogP) is 5.19. The van der Waals surface area contributed by atoms with Gasteiger partial charge in [-0.05, 0) is 104 Å². The van der Waals surface area contributed by atoms with Gasteiger partial charge in [0.15, 0.2) is 6.29 Å². The average Bonchev–Trinajstić information content (AvgIpc) is 2.90. The highest BCUT2D eigenvalue weighted by atomic mass is 79.9. The van der Waals surface area contributed by atoms with Crippen LogP contribution in [0.4, 0.5) is 5.69 Å². The van der Waals surface area contributed by atoms with Crippen LogP contribution >= 0.6 is 27.5 Å². The average molecular weight is 588 g/mol. The summed E-state index contributed by atoms with van der Waals surface area (Å²) >= 11 is 9.39. The summed E-state index contributed by atoms with van der Waals surface area (Å²) in [5.74, 6) is 1.84. The quantitative estimate of drug-likeness (QED) is 0.104. The lowest BCUT2D eigenvalue weighted by atomic mass is 10.1. The first-order valence-corrected chi connectivity index (χ1v) is 13.1. The highest BCUT2D eigenvalue weighted by molar-refractivity contribution is 9.12. The number of nitrogens with one attached hydrogen (secondary N) is 3. The van der Waals surface area contributed by atoms with Gasteiger partial charge >= 0.3 is 0 Å². The Balaban J connectivity index is 1.80. The van der Waals surface area contributed by atoms with Gasteiger partial charge < -0.3 is 20.3 Å². The SMILES string of the molecule is C=NC(=C(Br)C=NC)C(C=O)=C(NCNC1CCN(C)CC1)Nc1ccc(Oc2ccc(Cl)cc2)cc1. The van der Waals surface area contributed by atoms with Crippen LogP contribution in [0.1, 0.15) is 12.8 Å². The minimum absolute atomic E-state index is 0.313. The minimum atomic E-state index is 0.313. The summed E-state index contributed by atoms with van der Waals surface area (Å²) in [7, 11) is 3.78. The fourth-order valence-corrected chi connectivity index (χ4v) is 4.46. The third-order valence-electron chi connectivity index (χ3n) is 5.82. The van der Waals surface area contributed by atoms with E-state index in [2.05, 4.69) is 60.5 Å². The summed E-state index contributed by atoms with van der Waals surface area (Å²) in [6, 6.07) is 15.0. The largest absolute Gasteiger partial charge is 0.457 e. The van der Waals surface area contributed by atoms with Crippen molar-refractivity contribution in [1.82, 2.24) is 15.5 Å². The van der Waals surface area contributed by atoms with E-state index in [1.165, 1.54) is 0 Å². The van der Waals surface area contributed by atoms with Gasteiger partial charge in [-0.2, -0.15) is 0 Å². The van der Waals surface area contributed by atoms with Crippen LogP contribution in [0.3, 0.4) is 0 Å². The van der Waals surface area contributed by atoms with Gasteiger partial charge in [0, 0.05) is 30.0 Å². The number of aldehydes is 1. The maximum atomic E-state index is 12.2. The van der Waals surface area contributed by atoms with Crippen molar-refractivity contribution in [2.75, 3.05) is 39.2 Å². The molecule has 8 nitrogen and oxygen atoms in total. The molecule has 1 saturated heterocycles. The Hall–Kier alpha value is -2.98. The van der Waals surface area contributed by atoms with Crippen molar-refractivity contribution < 1.29 is 9.53 Å². The van der Waals surface area contributed by atoms with E-state index in [-0.39, 0.29) is 0 Å². The summed E-state index contributed by atoms with van der Waals surface area (Å²) in [4.78, 5) is 22.7. The predicted molar refractivity (Wildman–Crippen MR) is 156 cm³/mol. The Morgan fingerprint density at radius 1 is 1.16 bits per heavy atom. The zero-order valence-corrected chi connectivity index (χ0v) is 23.3. The Bertz CT molecular complexity index is 1140. The van der Waals surface area contributed by atoms with Crippen molar-refractivity contribution in [1.29, 1.82) is 0 Å². The van der Waals surface area contributed by atoms with E-state index in [9.17, 15) is 4.79 Å². The van der Waals surface area contributed by atoms with E-state index in [0.717, 1.165) is 37.9 Å². The normalized spacial score (nSPS) is 16.1. The van der Waals surface area contributed by atoms with Gasteiger partial charge in [0.05, 0.1) is 22.4 Å². The maximum absolute atomic E-state index is 12.2. The van der Waals surface area contributed by atoms with Crippen LogP contribution in [-0.4, -0.2) is 64.0 Å². The number of carbonyl (C=O) groups is 1. The molecule has 3 N–H and O–H groups in total. The molecule has 3 rings (SSSR count). The van der Waals surface area contributed by atoms with E-state index in [4.69, 9.17) is 16.3 Å². The molecule has 37 heavy (non-hydrogen) atoms. The zero-order chi connectivity index (χ0) is 26.6. The molecule has 1 aliphatic heterocycles. The minimum Gasteiger partial charge on any atom is -0.457 e. The molecule has 1 fully saturated rings. The van der Waals surface area contributed by atoms with Gasteiger partial charge in [0.25, 0.3) is 0 Å². The lowest BCUT2D eigenvalue weighted by Gasteiger charge is -2.30. The van der Waals surface area contributed by atoms with Crippen LogP contribution in [-0.2, 0) is 4.79 Å². The number of carbonyl (C=O) groups excluding carboxylic acids is 1. The maximum Gasteiger partial charge on any atom is 0.155 e. The summed E-state index contributed by atoms with van der Waals surface area (Å²) in [6.07, 6.45) is 4.46. The van der Waals surface area contributed by atoms with Crippen LogP contribution in [0, 0.1) is 0 Å². The molecule has 0 amide bonds. The van der Waals surface area contributed by atoms with Gasteiger partial charge in [-0.3, -0.25) is 20.1 Å². The monoisotopic (exact) mass is 586 g/mol. The van der Waals surface area contributed by atoms with E-state index in [1.807, 2.05) is 24.3 Å². The Morgan fingerprint density at radius 2 is 1.78 bits per heavy atom. The van der Waals surface area contributed by atoms with Crippen LogP contribution in [0.2, 0.25) is 5.02 Å². The molecule has 0 unspecified atom stereocenters. The van der Waals surface area contributed by atoms with Crippen LogP contribution in [0.25, 0.3) is 0 Å². The third-order valence-corrected chi connectivity index (χ3v) is 6.65. The lowest BCUT2D eigenvalue weighted by Crippen LogP contribution is -2.44. The molecular formula is C27H32BrClN6O2. The Morgan fingerprint density at radius 3 is 2.35 bits per heavy atom. The molecule has 0 atom stereocenters. The van der Waals surface area contributed by atoms with E-state index < -0.39 is 0 Å². The molecule has 0 bridgehead atoms. The molecule has 2 aromatic rings. The summed E-state index contributed by atoms with van der Waals surface area (Å²) in [5, 5.41) is 10.8. The first kappa shape index (κ1) is 28.6. The van der Waals surface area contributed by atoms with Crippen molar-refractivity contribution in [3.63, 3.8) is 0 Å². The number of nitrogens with zero attached hydrogens (tertiary/aromatic N) is 3. The first-order valence-electron chi connectivity index (χ1n) is 11.9. The Kier molecular flexibility index (Phi) is 11.3. The van der Waals surface area contributed by atoms with E-state index in [0.29, 0.717) is 50.8 Å². The smallest absolute Gasteiger partial charge is 0.155 e. The second-order valence-corrected chi connectivity index (χ2v) is 9.78. The van der Waals surface area contributed by atoms with Gasteiger partial charge in [-0.1, -0.05) is 11.6 Å². The number of ether oxygens (including phenoxy) is 1. The number of aliphatic imine (C=N–C) groups is 2. The molecule has 0 aromatic heterocycles. The second kappa shape index (κ2) is 14.7. The molecule has 0 saturated carbocycles. The topological polar surface area (TPSA) is 90.3 Å². The van der Waals surface area contributed by atoms with Crippen molar-refractivity contribution in [2.24, 2.45) is 9.98 Å². The van der Waals surface area contributed by atoms with Crippen molar-refractivity contribution >= 4 is 52.4 Å².